The van der Waals surface area contributed by atoms with E-state index in [0.717, 1.165) is 41.3 Å². The summed E-state index contributed by atoms with van der Waals surface area (Å²) in [6.07, 6.45) is 2.99. The van der Waals surface area contributed by atoms with Gasteiger partial charge in [0, 0.05) is 18.8 Å². The molecule has 1 aliphatic rings. The molecule has 0 aliphatic carbocycles. The summed E-state index contributed by atoms with van der Waals surface area (Å²) in [5.74, 6) is 4.08. The predicted octanol–water partition coefficient (Wildman–Crippen LogP) is 4.07. The Bertz CT molecular complexity index is 669. The van der Waals surface area contributed by atoms with Gasteiger partial charge in [0.2, 0.25) is 5.95 Å². The molecular weight excluding hydrogens is 320 g/mol. The molecule has 2 aromatic heterocycles. The molecule has 0 unspecified atom stereocenters. The van der Waals surface area contributed by atoms with Gasteiger partial charge in [-0.25, -0.2) is 0 Å². The fraction of sp³-hybridized carbons (Fsp3) is 0.556. The van der Waals surface area contributed by atoms with Crippen LogP contribution in [0.2, 0.25) is 0 Å². The van der Waals surface area contributed by atoms with E-state index in [9.17, 15) is 0 Å². The first-order chi connectivity index (χ1) is 11.5. The third-order valence-electron chi connectivity index (χ3n) is 4.19. The summed E-state index contributed by atoms with van der Waals surface area (Å²) >= 11 is 1.68. The molecule has 5 nitrogen and oxygen atoms in total. The predicted molar refractivity (Wildman–Crippen MR) is 98.5 cm³/mol. The maximum absolute atomic E-state index is 5.55. The van der Waals surface area contributed by atoms with Crippen LogP contribution in [0.15, 0.2) is 40.1 Å². The van der Waals surface area contributed by atoms with E-state index in [4.69, 9.17) is 4.42 Å². The summed E-state index contributed by atoms with van der Waals surface area (Å²) in [4.78, 5) is 2.37. The number of hydrogen-bond acceptors (Lipinski definition) is 5. The summed E-state index contributed by atoms with van der Waals surface area (Å²) in [5, 5.41) is 9.89. The van der Waals surface area contributed by atoms with Gasteiger partial charge in [-0.3, -0.25) is 4.57 Å². The monoisotopic (exact) mass is 346 g/mol. The molecule has 0 amide bonds. The van der Waals surface area contributed by atoms with E-state index in [-0.39, 0.29) is 0 Å². The summed E-state index contributed by atoms with van der Waals surface area (Å²) in [7, 11) is 0. The van der Waals surface area contributed by atoms with Crippen LogP contribution in [-0.2, 0) is 6.54 Å². The summed E-state index contributed by atoms with van der Waals surface area (Å²) < 4.78 is 7.73. The van der Waals surface area contributed by atoms with E-state index in [1.165, 1.54) is 6.42 Å². The summed E-state index contributed by atoms with van der Waals surface area (Å²) in [5.41, 5.74) is 1.13. The largest absolute Gasteiger partial charge is 0.467 e. The van der Waals surface area contributed by atoms with Gasteiger partial charge >= 0.3 is 0 Å². The Morgan fingerprint density at radius 2 is 2.08 bits per heavy atom. The lowest BCUT2D eigenvalue weighted by molar-refractivity contribution is 0.350. The molecular formula is C18H26N4OS. The molecule has 0 saturated carbocycles. The number of anilines is 1. The molecule has 1 aliphatic heterocycles. The molecule has 1 saturated heterocycles. The van der Waals surface area contributed by atoms with Crippen LogP contribution < -0.4 is 4.90 Å². The third kappa shape index (κ3) is 4.04. The van der Waals surface area contributed by atoms with Crippen LogP contribution in [0, 0.1) is 11.8 Å². The smallest absolute Gasteiger partial charge is 0.228 e. The molecule has 0 spiro atoms. The van der Waals surface area contributed by atoms with Gasteiger partial charge in [-0.2, -0.15) is 0 Å². The Morgan fingerprint density at radius 1 is 1.33 bits per heavy atom. The fourth-order valence-corrected chi connectivity index (χ4v) is 4.11. The van der Waals surface area contributed by atoms with E-state index in [1.807, 2.05) is 19.1 Å². The lowest BCUT2D eigenvalue weighted by Gasteiger charge is -2.35. The Balaban J connectivity index is 1.88. The summed E-state index contributed by atoms with van der Waals surface area (Å²) in [6.45, 7) is 13.4. The highest BCUT2D eigenvalue weighted by molar-refractivity contribution is 7.99. The third-order valence-corrected chi connectivity index (χ3v) is 5.39. The van der Waals surface area contributed by atoms with Crippen molar-refractivity contribution in [2.75, 3.05) is 23.7 Å². The SMILES string of the molecule is C=C(C)CSc1nnc(N2C[C@H](C)C[C@H](C)C2)n1Cc1ccco1. The molecule has 6 heteroatoms. The van der Waals surface area contributed by atoms with Crippen LogP contribution in [-0.4, -0.2) is 33.6 Å². The number of piperidine rings is 1. The van der Waals surface area contributed by atoms with Crippen molar-refractivity contribution < 1.29 is 4.42 Å². The lowest BCUT2D eigenvalue weighted by Crippen LogP contribution is -2.40. The fourth-order valence-electron chi connectivity index (χ4n) is 3.33. The Morgan fingerprint density at radius 3 is 2.71 bits per heavy atom. The van der Waals surface area contributed by atoms with Gasteiger partial charge in [-0.05, 0) is 37.3 Å². The van der Waals surface area contributed by atoms with Crippen molar-refractivity contribution in [1.29, 1.82) is 0 Å². The highest BCUT2D eigenvalue weighted by atomic mass is 32.2. The van der Waals surface area contributed by atoms with Crippen molar-refractivity contribution in [2.45, 2.75) is 38.9 Å². The molecule has 0 aromatic carbocycles. The van der Waals surface area contributed by atoms with Gasteiger partial charge in [-0.1, -0.05) is 37.8 Å². The maximum atomic E-state index is 5.55. The Kier molecular flexibility index (Phi) is 5.33. The van der Waals surface area contributed by atoms with Gasteiger partial charge in [-0.15, -0.1) is 10.2 Å². The molecule has 3 rings (SSSR count). The average molecular weight is 347 g/mol. The molecule has 0 radical (unpaired) electrons. The molecule has 2 atom stereocenters. The van der Waals surface area contributed by atoms with Crippen molar-refractivity contribution in [3.05, 3.63) is 36.3 Å². The minimum absolute atomic E-state index is 0.660. The quantitative estimate of drug-likeness (QED) is 0.583. The molecule has 130 valence electrons. The van der Waals surface area contributed by atoms with Crippen molar-refractivity contribution in [1.82, 2.24) is 14.8 Å². The first kappa shape index (κ1) is 17.1. The average Bonchev–Trinajstić information content (AvgIpc) is 3.14. The number of nitrogens with zero attached hydrogens (tertiary/aromatic N) is 4. The topological polar surface area (TPSA) is 47.1 Å². The van der Waals surface area contributed by atoms with Gasteiger partial charge in [0.1, 0.15) is 5.76 Å². The second kappa shape index (κ2) is 7.47. The van der Waals surface area contributed by atoms with Crippen LogP contribution in [0.25, 0.3) is 0 Å². The van der Waals surface area contributed by atoms with Crippen LogP contribution in [0.3, 0.4) is 0 Å². The van der Waals surface area contributed by atoms with E-state index in [0.29, 0.717) is 18.4 Å². The van der Waals surface area contributed by atoms with E-state index >= 15 is 0 Å². The summed E-state index contributed by atoms with van der Waals surface area (Å²) in [6, 6.07) is 3.92. The van der Waals surface area contributed by atoms with Crippen molar-refractivity contribution in [2.24, 2.45) is 11.8 Å². The van der Waals surface area contributed by atoms with Gasteiger partial charge in [0.05, 0.1) is 12.8 Å². The van der Waals surface area contributed by atoms with Gasteiger partial charge in [0.15, 0.2) is 5.16 Å². The number of aromatic nitrogens is 3. The zero-order valence-corrected chi connectivity index (χ0v) is 15.6. The second-order valence-corrected chi connectivity index (χ2v) is 7.99. The van der Waals surface area contributed by atoms with Gasteiger partial charge < -0.3 is 9.32 Å². The van der Waals surface area contributed by atoms with E-state index in [2.05, 4.69) is 40.1 Å². The van der Waals surface area contributed by atoms with Crippen LogP contribution in [0.1, 0.15) is 33.0 Å². The van der Waals surface area contributed by atoms with Crippen LogP contribution in [0.4, 0.5) is 5.95 Å². The molecule has 0 bridgehead atoms. The maximum Gasteiger partial charge on any atom is 0.228 e. The Hall–Kier alpha value is -1.69. The molecule has 0 N–H and O–H groups in total. The zero-order chi connectivity index (χ0) is 17.1. The van der Waals surface area contributed by atoms with Crippen molar-refractivity contribution in [3.8, 4) is 0 Å². The van der Waals surface area contributed by atoms with E-state index in [1.54, 1.807) is 18.0 Å². The number of thioether (sulfide) groups is 1. The van der Waals surface area contributed by atoms with E-state index < -0.39 is 0 Å². The normalized spacial score (nSPS) is 21.2. The second-order valence-electron chi connectivity index (χ2n) is 7.04. The number of rotatable bonds is 6. The molecule has 1 fully saturated rings. The Labute approximate surface area is 148 Å². The van der Waals surface area contributed by atoms with Gasteiger partial charge in [0.25, 0.3) is 0 Å². The number of hydrogen-bond donors (Lipinski definition) is 0. The number of furan rings is 1. The standard InChI is InChI=1S/C18H26N4OS/c1-13(2)12-24-18-20-19-17(21-9-14(3)8-15(4)10-21)22(18)11-16-6-5-7-23-16/h5-7,14-15H,1,8-12H2,2-4H3/t14-,15+. The minimum Gasteiger partial charge on any atom is -0.467 e. The first-order valence-corrected chi connectivity index (χ1v) is 9.49. The van der Waals surface area contributed by atoms with Crippen LogP contribution >= 0.6 is 11.8 Å². The highest BCUT2D eigenvalue weighted by Crippen LogP contribution is 2.29. The first-order valence-electron chi connectivity index (χ1n) is 8.50. The minimum atomic E-state index is 0.660. The molecule has 2 aromatic rings. The highest BCUT2D eigenvalue weighted by Gasteiger charge is 2.27. The molecule has 24 heavy (non-hydrogen) atoms. The van der Waals surface area contributed by atoms with Crippen molar-refractivity contribution in [3.63, 3.8) is 0 Å². The van der Waals surface area contributed by atoms with Crippen molar-refractivity contribution >= 4 is 17.7 Å². The van der Waals surface area contributed by atoms with Crippen LogP contribution in [0.5, 0.6) is 0 Å². The molecule has 3 heterocycles. The lowest BCUT2D eigenvalue weighted by atomic mass is 9.92. The zero-order valence-electron chi connectivity index (χ0n) is 14.7.